The Bertz CT molecular complexity index is 541. The van der Waals surface area contributed by atoms with Crippen molar-refractivity contribution >= 4 is 22.8 Å². The molecule has 2 aromatic rings. The minimum absolute atomic E-state index is 0.491. The molecule has 0 aliphatic heterocycles. The van der Waals surface area contributed by atoms with Crippen molar-refractivity contribution in [2.75, 3.05) is 11.1 Å². The monoisotopic (exact) mass is 259 g/mol. The van der Waals surface area contributed by atoms with Gasteiger partial charge in [0, 0.05) is 17.8 Å². The van der Waals surface area contributed by atoms with Gasteiger partial charge in [0.1, 0.15) is 5.52 Å². The molecule has 3 rings (SSSR count). The minimum Gasteiger partial charge on any atom is -0.423 e. The zero-order chi connectivity index (χ0) is 13.1. The van der Waals surface area contributed by atoms with Gasteiger partial charge in [-0.25, -0.2) is 0 Å². The van der Waals surface area contributed by atoms with Crippen LogP contribution in [0, 0.1) is 0 Å². The molecule has 1 saturated carbocycles. The van der Waals surface area contributed by atoms with E-state index in [2.05, 4.69) is 10.3 Å². The standard InChI is InChI=1S/C15H21N3O/c16-11-8-9-13-14(10-11)19-15(18-13)17-12-6-4-2-1-3-5-7-12/h8-10,12H,1-7,16H2,(H,17,18). The molecule has 1 heterocycles. The summed E-state index contributed by atoms with van der Waals surface area (Å²) in [6, 6.07) is 6.70. The number of benzene rings is 1. The highest BCUT2D eigenvalue weighted by Gasteiger charge is 2.14. The van der Waals surface area contributed by atoms with Gasteiger partial charge in [-0.05, 0) is 25.0 Å². The highest BCUT2D eigenvalue weighted by molar-refractivity contribution is 5.78. The molecule has 4 nitrogen and oxygen atoms in total. The van der Waals surface area contributed by atoms with Crippen molar-refractivity contribution in [1.29, 1.82) is 0 Å². The molecule has 19 heavy (non-hydrogen) atoms. The Kier molecular flexibility index (Phi) is 3.58. The fourth-order valence-electron chi connectivity index (χ4n) is 2.78. The third kappa shape index (κ3) is 3.00. The average molecular weight is 259 g/mol. The van der Waals surface area contributed by atoms with Crippen LogP contribution in [0.25, 0.3) is 11.1 Å². The van der Waals surface area contributed by atoms with Crippen LogP contribution in [-0.2, 0) is 0 Å². The van der Waals surface area contributed by atoms with E-state index in [1.54, 1.807) is 0 Å². The third-order valence-corrected chi connectivity index (χ3v) is 3.85. The van der Waals surface area contributed by atoms with Crippen molar-refractivity contribution in [3.05, 3.63) is 18.2 Å². The number of fused-ring (bicyclic) bond motifs is 1. The van der Waals surface area contributed by atoms with E-state index in [9.17, 15) is 0 Å². The van der Waals surface area contributed by atoms with Crippen LogP contribution < -0.4 is 11.1 Å². The molecule has 1 aromatic carbocycles. The van der Waals surface area contributed by atoms with Gasteiger partial charge in [0.05, 0.1) is 0 Å². The maximum absolute atomic E-state index is 5.75. The summed E-state index contributed by atoms with van der Waals surface area (Å²) in [5.74, 6) is 0. The predicted octanol–water partition coefficient (Wildman–Crippen LogP) is 3.93. The molecule has 4 heteroatoms. The van der Waals surface area contributed by atoms with Gasteiger partial charge in [-0.15, -0.1) is 0 Å². The van der Waals surface area contributed by atoms with Crippen molar-refractivity contribution in [1.82, 2.24) is 4.98 Å². The van der Waals surface area contributed by atoms with Crippen molar-refractivity contribution in [2.24, 2.45) is 0 Å². The number of aromatic nitrogens is 1. The number of nitrogens with two attached hydrogens (primary N) is 1. The van der Waals surface area contributed by atoms with Gasteiger partial charge in [0.25, 0.3) is 6.01 Å². The van der Waals surface area contributed by atoms with Crippen LogP contribution >= 0.6 is 0 Å². The van der Waals surface area contributed by atoms with Crippen LogP contribution in [0.4, 0.5) is 11.7 Å². The van der Waals surface area contributed by atoms with E-state index >= 15 is 0 Å². The maximum atomic E-state index is 5.75. The van der Waals surface area contributed by atoms with Gasteiger partial charge in [0.2, 0.25) is 0 Å². The van der Waals surface area contributed by atoms with Crippen LogP contribution in [0.5, 0.6) is 0 Å². The lowest BCUT2D eigenvalue weighted by atomic mass is 9.97. The number of nitrogen functional groups attached to an aromatic ring is 1. The van der Waals surface area contributed by atoms with Crippen molar-refractivity contribution in [3.8, 4) is 0 Å². The van der Waals surface area contributed by atoms with Crippen molar-refractivity contribution < 1.29 is 4.42 Å². The molecule has 0 bridgehead atoms. The molecule has 1 aliphatic carbocycles. The molecule has 0 spiro atoms. The van der Waals surface area contributed by atoms with Crippen LogP contribution in [-0.4, -0.2) is 11.0 Å². The Morgan fingerprint density at radius 2 is 1.84 bits per heavy atom. The first-order chi connectivity index (χ1) is 9.31. The lowest BCUT2D eigenvalue weighted by Gasteiger charge is -2.19. The Hall–Kier alpha value is -1.71. The second-order valence-corrected chi connectivity index (χ2v) is 5.43. The molecule has 0 atom stereocenters. The molecule has 0 amide bonds. The Labute approximate surface area is 113 Å². The Morgan fingerprint density at radius 3 is 2.63 bits per heavy atom. The first kappa shape index (κ1) is 12.3. The number of rotatable bonds is 2. The number of oxazole rings is 1. The van der Waals surface area contributed by atoms with Gasteiger partial charge in [-0.2, -0.15) is 4.98 Å². The fourth-order valence-corrected chi connectivity index (χ4v) is 2.78. The Balaban J connectivity index is 1.72. The van der Waals surface area contributed by atoms with Gasteiger partial charge in [-0.1, -0.05) is 32.1 Å². The van der Waals surface area contributed by atoms with Crippen LogP contribution in [0.2, 0.25) is 0 Å². The normalized spacial score (nSPS) is 18.1. The molecular weight excluding hydrogens is 238 g/mol. The molecular formula is C15H21N3O. The number of anilines is 2. The van der Waals surface area contributed by atoms with Crippen LogP contribution in [0.15, 0.2) is 22.6 Å². The van der Waals surface area contributed by atoms with E-state index < -0.39 is 0 Å². The summed E-state index contributed by atoms with van der Waals surface area (Å²) < 4.78 is 5.72. The predicted molar refractivity (Wildman–Crippen MR) is 78.2 cm³/mol. The molecule has 0 unspecified atom stereocenters. The summed E-state index contributed by atoms with van der Waals surface area (Å²) in [6.07, 6.45) is 9.09. The molecule has 0 saturated heterocycles. The highest BCUT2D eigenvalue weighted by Crippen LogP contribution is 2.24. The summed E-state index contributed by atoms with van der Waals surface area (Å²) >= 11 is 0. The zero-order valence-electron chi connectivity index (χ0n) is 11.2. The molecule has 102 valence electrons. The van der Waals surface area contributed by atoms with Gasteiger partial charge in [0.15, 0.2) is 5.58 Å². The summed E-state index contributed by atoms with van der Waals surface area (Å²) in [6.45, 7) is 0. The number of hydrogen-bond donors (Lipinski definition) is 2. The average Bonchev–Trinajstić information content (AvgIpc) is 2.74. The molecule has 1 aromatic heterocycles. The lowest BCUT2D eigenvalue weighted by molar-refractivity contribution is 0.461. The van der Waals surface area contributed by atoms with Crippen LogP contribution in [0.3, 0.4) is 0 Å². The molecule has 3 N–H and O–H groups in total. The lowest BCUT2D eigenvalue weighted by Crippen LogP contribution is -2.20. The van der Waals surface area contributed by atoms with Gasteiger partial charge < -0.3 is 15.5 Å². The first-order valence-corrected chi connectivity index (χ1v) is 7.24. The summed E-state index contributed by atoms with van der Waals surface area (Å²) in [5, 5.41) is 3.44. The van der Waals surface area contributed by atoms with Crippen LogP contribution in [0.1, 0.15) is 44.9 Å². The smallest absolute Gasteiger partial charge is 0.295 e. The number of hydrogen-bond acceptors (Lipinski definition) is 4. The maximum Gasteiger partial charge on any atom is 0.295 e. The second kappa shape index (κ2) is 5.51. The largest absolute Gasteiger partial charge is 0.423 e. The topological polar surface area (TPSA) is 64.1 Å². The van der Waals surface area contributed by atoms with Gasteiger partial charge >= 0.3 is 0 Å². The van der Waals surface area contributed by atoms with E-state index in [-0.39, 0.29) is 0 Å². The summed E-state index contributed by atoms with van der Waals surface area (Å²) in [4.78, 5) is 4.47. The minimum atomic E-state index is 0.491. The fraction of sp³-hybridized carbons (Fsp3) is 0.533. The number of nitrogens with zero attached hydrogens (tertiary/aromatic N) is 1. The van der Waals surface area contributed by atoms with Crippen molar-refractivity contribution in [2.45, 2.75) is 51.0 Å². The molecule has 0 radical (unpaired) electrons. The molecule has 1 fully saturated rings. The SMILES string of the molecule is Nc1ccc2nc(NC3CCCCCCC3)oc2c1. The van der Waals surface area contributed by atoms with Crippen molar-refractivity contribution in [3.63, 3.8) is 0 Å². The van der Waals surface area contributed by atoms with E-state index in [4.69, 9.17) is 10.2 Å². The number of nitrogens with one attached hydrogen (secondary N) is 1. The molecule has 1 aliphatic rings. The summed E-state index contributed by atoms with van der Waals surface area (Å²) in [7, 11) is 0. The van der Waals surface area contributed by atoms with E-state index in [0.29, 0.717) is 17.7 Å². The second-order valence-electron chi connectivity index (χ2n) is 5.43. The Morgan fingerprint density at radius 1 is 1.11 bits per heavy atom. The quantitative estimate of drug-likeness (QED) is 0.802. The van der Waals surface area contributed by atoms with E-state index in [1.165, 1.54) is 44.9 Å². The van der Waals surface area contributed by atoms with Gasteiger partial charge in [-0.3, -0.25) is 0 Å². The van der Waals surface area contributed by atoms with E-state index in [0.717, 1.165) is 11.1 Å². The third-order valence-electron chi connectivity index (χ3n) is 3.85. The first-order valence-electron chi connectivity index (χ1n) is 7.24. The highest BCUT2D eigenvalue weighted by atomic mass is 16.4. The zero-order valence-corrected chi connectivity index (χ0v) is 11.2. The van der Waals surface area contributed by atoms with E-state index in [1.807, 2.05) is 18.2 Å². The summed E-state index contributed by atoms with van der Waals surface area (Å²) in [5.41, 5.74) is 8.08.